The lowest BCUT2D eigenvalue weighted by atomic mass is 10.1. The Balaban J connectivity index is 1.39. The quantitative estimate of drug-likeness (QED) is 0.883. The fraction of sp³-hybridized carbons (Fsp3) is 0.409. The van der Waals surface area contributed by atoms with Crippen molar-refractivity contribution in [1.29, 1.82) is 0 Å². The number of nitrogens with one attached hydrogen (secondary N) is 1. The van der Waals surface area contributed by atoms with Gasteiger partial charge in [0, 0.05) is 13.1 Å². The number of hydrogen-bond donors (Lipinski definition) is 1. The lowest BCUT2D eigenvalue weighted by molar-refractivity contribution is -0.133. The first kappa shape index (κ1) is 17.9. The minimum Gasteiger partial charge on any atom is -0.482 e. The van der Waals surface area contributed by atoms with E-state index in [4.69, 9.17) is 9.47 Å². The maximum absolute atomic E-state index is 12.7. The maximum atomic E-state index is 12.7. The number of ether oxygens (including phenoxy) is 2. The molecule has 0 aliphatic carbocycles. The topological polar surface area (TPSA) is 50.8 Å². The zero-order chi connectivity index (χ0) is 18.6. The van der Waals surface area contributed by atoms with Crippen LogP contribution in [-0.2, 0) is 17.9 Å². The van der Waals surface area contributed by atoms with Gasteiger partial charge in [0.1, 0.15) is 6.10 Å². The molecule has 2 aliphatic heterocycles. The highest BCUT2D eigenvalue weighted by Gasteiger charge is 2.33. The molecule has 0 radical (unpaired) electrons. The van der Waals surface area contributed by atoms with Crippen LogP contribution in [0.3, 0.4) is 0 Å². The first-order chi connectivity index (χ1) is 13.2. The van der Waals surface area contributed by atoms with Gasteiger partial charge in [-0.3, -0.25) is 9.69 Å². The first-order valence-electron chi connectivity index (χ1n) is 9.70. The molecule has 1 N–H and O–H groups in total. The van der Waals surface area contributed by atoms with Crippen LogP contribution in [0.5, 0.6) is 11.5 Å². The molecular formula is C22H26N2O3. The zero-order valence-corrected chi connectivity index (χ0v) is 15.7. The Morgan fingerprint density at radius 1 is 1.00 bits per heavy atom. The molecule has 2 unspecified atom stereocenters. The van der Waals surface area contributed by atoms with Crippen molar-refractivity contribution >= 4 is 5.91 Å². The number of rotatable bonds is 5. The van der Waals surface area contributed by atoms with Crippen LogP contribution in [0.4, 0.5) is 0 Å². The molecule has 0 spiro atoms. The van der Waals surface area contributed by atoms with Gasteiger partial charge in [-0.1, -0.05) is 36.4 Å². The van der Waals surface area contributed by atoms with Gasteiger partial charge < -0.3 is 14.8 Å². The number of carbonyl (C=O) groups is 1. The number of amides is 1. The molecule has 2 aliphatic rings. The number of likely N-dealkylation sites (tertiary alicyclic amines) is 1. The molecule has 5 nitrogen and oxygen atoms in total. The molecule has 2 atom stereocenters. The van der Waals surface area contributed by atoms with Crippen LogP contribution >= 0.6 is 0 Å². The van der Waals surface area contributed by atoms with Gasteiger partial charge in [0.15, 0.2) is 11.5 Å². The fourth-order valence-corrected chi connectivity index (χ4v) is 3.76. The summed E-state index contributed by atoms with van der Waals surface area (Å²) in [6.45, 7) is 5.62. The summed E-state index contributed by atoms with van der Waals surface area (Å²) in [5.74, 6) is 1.16. The summed E-state index contributed by atoms with van der Waals surface area (Å²) >= 11 is 0. The summed E-state index contributed by atoms with van der Waals surface area (Å²) < 4.78 is 11.7. The van der Waals surface area contributed by atoms with E-state index in [0.717, 1.165) is 25.2 Å². The molecule has 0 aromatic heterocycles. The summed E-state index contributed by atoms with van der Waals surface area (Å²) in [5, 5.41) is 3.03. The second kappa shape index (κ2) is 8.01. The number of carbonyl (C=O) groups excluding carboxylic acids is 1. The number of benzene rings is 2. The lowest BCUT2D eigenvalue weighted by Gasteiger charge is -2.31. The van der Waals surface area contributed by atoms with Crippen LogP contribution in [0.25, 0.3) is 0 Å². The van der Waals surface area contributed by atoms with Gasteiger partial charge in [0.05, 0.1) is 0 Å². The van der Waals surface area contributed by atoms with E-state index in [1.807, 2.05) is 37.3 Å². The standard InChI is InChI=1S/C22H26N2O3/c1-16-21(27-20-11-5-4-10-19(20)26-16)22(25)23-14-17-8-2-3-9-18(17)15-24-12-6-7-13-24/h2-5,8-11,16,21H,6-7,12-15H2,1H3,(H,23,25). The molecule has 142 valence electrons. The Hall–Kier alpha value is -2.53. The number of para-hydroxylation sites is 2. The average Bonchev–Trinajstić information content (AvgIpc) is 3.19. The van der Waals surface area contributed by atoms with Crippen molar-refractivity contribution in [2.24, 2.45) is 0 Å². The van der Waals surface area contributed by atoms with Crippen LogP contribution < -0.4 is 14.8 Å². The smallest absolute Gasteiger partial charge is 0.265 e. The van der Waals surface area contributed by atoms with Gasteiger partial charge in [-0.2, -0.15) is 0 Å². The van der Waals surface area contributed by atoms with Crippen LogP contribution in [0.15, 0.2) is 48.5 Å². The third-order valence-electron chi connectivity index (χ3n) is 5.26. The van der Waals surface area contributed by atoms with Gasteiger partial charge in [-0.25, -0.2) is 0 Å². The second-order valence-corrected chi connectivity index (χ2v) is 7.28. The molecule has 0 saturated carbocycles. The fourth-order valence-electron chi connectivity index (χ4n) is 3.76. The highest BCUT2D eigenvalue weighted by Crippen LogP contribution is 2.33. The summed E-state index contributed by atoms with van der Waals surface area (Å²) in [6, 6.07) is 15.8. The van der Waals surface area contributed by atoms with Gasteiger partial charge >= 0.3 is 0 Å². The van der Waals surface area contributed by atoms with Crippen molar-refractivity contribution in [2.45, 2.75) is 45.1 Å². The van der Waals surface area contributed by atoms with Gasteiger partial charge in [0.2, 0.25) is 6.10 Å². The van der Waals surface area contributed by atoms with Crippen molar-refractivity contribution in [3.05, 3.63) is 59.7 Å². The van der Waals surface area contributed by atoms with Gasteiger partial charge in [-0.05, 0) is 56.1 Å². The van der Waals surface area contributed by atoms with Crippen molar-refractivity contribution in [3.63, 3.8) is 0 Å². The maximum Gasteiger partial charge on any atom is 0.265 e. The predicted molar refractivity (Wildman–Crippen MR) is 104 cm³/mol. The van der Waals surface area contributed by atoms with E-state index in [-0.39, 0.29) is 12.0 Å². The highest BCUT2D eigenvalue weighted by atomic mass is 16.6. The van der Waals surface area contributed by atoms with Gasteiger partial charge in [0.25, 0.3) is 5.91 Å². The van der Waals surface area contributed by atoms with E-state index in [0.29, 0.717) is 18.0 Å². The third-order valence-corrected chi connectivity index (χ3v) is 5.26. The molecule has 0 bridgehead atoms. The minimum atomic E-state index is -0.648. The number of fused-ring (bicyclic) bond motifs is 1. The normalized spacial score (nSPS) is 21.8. The lowest BCUT2D eigenvalue weighted by Crippen LogP contribution is -2.48. The van der Waals surface area contributed by atoms with Gasteiger partial charge in [-0.15, -0.1) is 0 Å². The SMILES string of the molecule is CC1Oc2ccccc2OC1C(=O)NCc1ccccc1CN1CCCC1. The molecule has 1 amide bonds. The van der Waals surface area contributed by atoms with Crippen molar-refractivity contribution in [3.8, 4) is 11.5 Å². The number of hydrogen-bond acceptors (Lipinski definition) is 4. The van der Waals surface area contributed by atoms with Crippen LogP contribution in [0.2, 0.25) is 0 Å². The number of nitrogens with zero attached hydrogens (tertiary/aromatic N) is 1. The van der Waals surface area contributed by atoms with E-state index in [2.05, 4.69) is 28.4 Å². The third kappa shape index (κ3) is 4.08. The van der Waals surface area contributed by atoms with E-state index >= 15 is 0 Å². The van der Waals surface area contributed by atoms with Crippen molar-refractivity contribution < 1.29 is 14.3 Å². The van der Waals surface area contributed by atoms with E-state index in [1.165, 1.54) is 18.4 Å². The molecule has 2 aromatic carbocycles. The van der Waals surface area contributed by atoms with Crippen LogP contribution in [-0.4, -0.2) is 36.1 Å². The molecule has 1 saturated heterocycles. The minimum absolute atomic E-state index is 0.145. The van der Waals surface area contributed by atoms with Crippen LogP contribution in [0.1, 0.15) is 30.9 Å². The Morgan fingerprint density at radius 3 is 2.37 bits per heavy atom. The highest BCUT2D eigenvalue weighted by molar-refractivity contribution is 5.82. The van der Waals surface area contributed by atoms with E-state index in [1.54, 1.807) is 0 Å². The Bertz CT molecular complexity index is 802. The zero-order valence-electron chi connectivity index (χ0n) is 15.7. The molecule has 2 heterocycles. The first-order valence-corrected chi connectivity index (χ1v) is 9.70. The summed E-state index contributed by atoms with van der Waals surface area (Å²) in [7, 11) is 0. The van der Waals surface area contributed by atoms with E-state index < -0.39 is 6.10 Å². The molecular weight excluding hydrogens is 340 g/mol. The summed E-state index contributed by atoms with van der Waals surface area (Å²) in [6.07, 6.45) is 1.57. The van der Waals surface area contributed by atoms with Crippen molar-refractivity contribution in [2.75, 3.05) is 13.1 Å². The Morgan fingerprint density at radius 2 is 1.63 bits per heavy atom. The van der Waals surface area contributed by atoms with Crippen LogP contribution in [0, 0.1) is 0 Å². The van der Waals surface area contributed by atoms with Crippen molar-refractivity contribution in [1.82, 2.24) is 10.2 Å². The summed E-state index contributed by atoms with van der Waals surface area (Å²) in [4.78, 5) is 15.2. The molecule has 27 heavy (non-hydrogen) atoms. The molecule has 4 rings (SSSR count). The van der Waals surface area contributed by atoms with E-state index in [9.17, 15) is 4.79 Å². The Labute approximate surface area is 160 Å². The molecule has 2 aromatic rings. The largest absolute Gasteiger partial charge is 0.482 e. The Kier molecular flexibility index (Phi) is 5.30. The molecule has 5 heteroatoms. The predicted octanol–water partition coefficient (Wildman–Crippen LogP) is 3.13. The molecule has 1 fully saturated rings. The summed E-state index contributed by atoms with van der Waals surface area (Å²) in [5.41, 5.74) is 2.43. The average molecular weight is 366 g/mol. The monoisotopic (exact) mass is 366 g/mol. The second-order valence-electron chi connectivity index (χ2n) is 7.28.